The van der Waals surface area contributed by atoms with Gasteiger partial charge in [-0.2, -0.15) is 0 Å². The van der Waals surface area contributed by atoms with Crippen molar-refractivity contribution < 1.29 is 14.3 Å². The van der Waals surface area contributed by atoms with Crippen LogP contribution in [0.5, 0.6) is 5.75 Å². The molecule has 2 aliphatic heterocycles. The summed E-state index contributed by atoms with van der Waals surface area (Å²) in [7, 11) is 2.09. The minimum Gasteiger partial charge on any atom is -0.490 e. The molecule has 4 rings (SSSR count). The molecule has 1 aromatic carbocycles. The third-order valence-corrected chi connectivity index (χ3v) is 6.12. The molecule has 7 heteroatoms. The molecule has 29 heavy (non-hydrogen) atoms. The molecule has 1 atom stereocenters. The highest BCUT2D eigenvalue weighted by atomic mass is 16.5. The summed E-state index contributed by atoms with van der Waals surface area (Å²) in [5, 5.41) is 0.984. The maximum Gasteiger partial charge on any atom is 0.237 e. The largest absolute Gasteiger partial charge is 0.490 e. The van der Waals surface area contributed by atoms with Crippen molar-refractivity contribution in [3.63, 3.8) is 0 Å². The normalized spacial score (nSPS) is 21.4. The van der Waals surface area contributed by atoms with E-state index in [2.05, 4.69) is 11.9 Å². The number of hydrogen-bond donors (Lipinski definition) is 1. The van der Waals surface area contributed by atoms with Gasteiger partial charge in [-0.05, 0) is 44.6 Å². The second-order valence-electron chi connectivity index (χ2n) is 8.34. The lowest BCUT2D eigenvalue weighted by atomic mass is 9.95. The molecule has 2 saturated heterocycles. The number of fused-ring (bicyclic) bond motifs is 1. The fourth-order valence-corrected chi connectivity index (χ4v) is 4.60. The summed E-state index contributed by atoms with van der Waals surface area (Å²) < 4.78 is 8.14. The van der Waals surface area contributed by atoms with Gasteiger partial charge in [0.15, 0.2) is 0 Å². The summed E-state index contributed by atoms with van der Waals surface area (Å²) in [4.78, 5) is 28.4. The maximum absolute atomic E-state index is 12.8. The Morgan fingerprint density at radius 1 is 1.14 bits per heavy atom. The molecule has 2 aliphatic rings. The Labute approximate surface area is 171 Å². The summed E-state index contributed by atoms with van der Waals surface area (Å²) >= 11 is 0. The Kier molecular flexibility index (Phi) is 5.76. The molecule has 0 aliphatic carbocycles. The minimum absolute atomic E-state index is 0.0955. The van der Waals surface area contributed by atoms with Gasteiger partial charge in [0.25, 0.3) is 0 Å². The van der Waals surface area contributed by atoms with E-state index in [9.17, 15) is 9.59 Å². The smallest absolute Gasteiger partial charge is 0.237 e. The van der Waals surface area contributed by atoms with Gasteiger partial charge < -0.3 is 24.8 Å². The van der Waals surface area contributed by atoms with Crippen molar-refractivity contribution in [3.8, 4) is 5.75 Å². The molecule has 1 aromatic heterocycles. The van der Waals surface area contributed by atoms with Crippen molar-refractivity contribution in [1.29, 1.82) is 0 Å². The third kappa shape index (κ3) is 4.40. The van der Waals surface area contributed by atoms with E-state index >= 15 is 0 Å². The highest BCUT2D eigenvalue weighted by molar-refractivity contribution is 5.88. The molecule has 2 fully saturated rings. The number of hydrogen-bond acceptors (Lipinski definition) is 4. The van der Waals surface area contributed by atoms with E-state index in [-0.39, 0.29) is 24.5 Å². The molecule has 3 heterocycles. The summed E-state index contributed by atoms with van der Waals surface area (Å²) in [6.45, 7) is 3.63. The zero-order chi connectivity index (χ0) is 20.4. The average Bonchev–Trinajstić information content (AvgIpc) is 3.11. The fourth-order valence-electron chi connectivity index (χ4n) is 4.60. The van der Waals surface area contributed by atoms with Crippen molar-refractivity contribution >= 4 is 22.7 Å². The van der Waals surface area contributed by atoms with E-state index in [0.717, 1.165) is 68.5 Å². The van der Waals surface area contributed by atoms with Gasteiger partial charge in [0.05, 0.1) is 11.4 Å². The second-order valence-corrected chi connectivity index (χ2v) is 8.34. The molecule has 0 saturated carbocycles. The number of nitrogens with two attached hydrogens (primary N) is 1. The monoisotopic (exact) mass is 398 g/mol. The summed E-state index contributed by atoms with van der Waals surface area (Å²) in [6.07, 6.45) is 5.75. The van der Waals surface area contributed by atoms with Crippen LogP contribution in [0.1, 0.15) is 25.7 Å². The van der Waals surface area contributed by atoms with Gasteiger partial charge in [-0.3, -0.25) is 9.59 Å². The van der Waals surface area contributed by atoms with Crippen molar-refractivity contribution in [2.45, 2.75) is 38.3 Å². The molecule has 0 bridgehead atoms. The molecule has 0 radical (unpaired) electrons. The van der Waals surface area contributed by atoms with Crippen LogP contribution >= 0.6 is 0 Å². The van der Waals surface area contributed by atoms with Crippen molar-refractivity contribution in [3.05, 3.63) is 30.5 Å². The van der Waals surface area contributed by atoms with Crippen LogP contribution in [0, 0.1) is 5.92 Å². The number of rotatable bonds is 5. The van der Waals surface area contributed by atoms with Crippen molar-refractivity contribution in [2.24, 2.45) is 11.7 Å². The maximum atomic E-state index is 12.8. The fraction of sp³-hybridized carbons (Fsp3) is 0.545. The first-order valence-electron chi connectivity index (χ1n) is 10.5. The molecular formula is C22H30N4O3. The Hall–Kier alpha value is -2.54. The molecule has 0 spiro atoms. The number of piperidine rings is 2. The Morgan fingerprint density at radius 3 is 2.66 bits per heavy atom. The average molecular weight is 399 g/mol. The number of amides is 2. The molecular weight excluding hydrogens is 368 g/mol. The Bertz CT molecular complexity index is 885. The van der Waals surface area contributed by atoms with E-state index in [1.54, 1.807) is 0 Å². The van der Waals surface area contributed by atoms with Crippen LogP contribution in [-0.2, 0) is 16.1 Å². The molecule has 156 valence electrons. The number of aromatic nitrogens is 1. The van der Waals surface area contributed by atoms with Gasteiger partial charge in [0.2, 0.25) is 11.8 Å². The highest BCUT2D eigenvalue weighted by Gasteiger charge is 2.31. The van der Waals surface area contributed by atoms with Crippen LogP contribution in [0.3, 0.4) is 0 Å². The zero-order valence-electron chi connectivity index (χ0n) is 17.0. The molecule has 2 aromatic rings. The molecule has 7 nitrogen and oxygen atoms in total. The lowest BCUT2D eigenvalue weighted by Gasteiger charge is -2.37. The lowest BCUT2D eigenvalue weighted by Crippen LogP contribution is -2.47. The number of ether oxygens (including phenoxy) is 1. The number of carbonyl (C=O) groups is 2. The predicted octanol–water partition coefficient (Wildman–Crippen LogP) is 1.84. The summed E-state index contributed by atoms with van der Waals surface area (Å²) in [5.41, 5.74) is 6.28. The van der Waals surface area contributed by atoms with Crippen LogP contribution in [0.2, 0.25) is 0 Å². The number of primary amides is 1. The van der Waals surface area contributed by atoms with Crippen LogP contribution in [0.4, 0.5) is 0 Å². The van der Waals surface area contributed by atoms with Gasteiger partial charge in [-0.15, -0.1) is 0 Å². The molecule has 1 unspecified atom stereocenters. The van der Waals surface area contributed by atoms with Crippen LogP contribution in [0.25, 0.3) is 10.9 Å². The highest BCUT2D eigenvalue weighted by Crippen LogP contribution is 2.29. The lowest BCUT2D eigenvalue weighted by molar-refractivity contribution is -0.139. The first kappa shape index (κ1) is 19.8. The topological polar surface area (TPSA) is 80.8 Å². The van der Waals surface area contributed by atoms with E-state index in [1.165, 1.54) is 0 Å². The number of likely N-dealkylation sites (tertiary alicyclic amines) is 2. The summed E-state index contributed by atoms with van der Waals surface area (Å²) in [5.74, 6) is 0.907. The first-order chi connectivity index (χ1) is 14.0. The standard InChI is InChI=1S/C22H30N4O3/c1-24-10-3-4-16(14-24)22(28)25-11-7-17(8-12-25)29-20-6-2-5-19-18(20)9-13-26(19)15-21(23)27/h2,5-6,9,13,16-17H,3-4,7-8,10-12,14-15H2,1H3,(H2,23,27). The van der Waals surface area contributed by atoms with Crippen molar-refractivity contribution in [1.82, 2.24) is 14.4 Å². The molecule has 2 amide bonds. The van der Waals surface area contributed by atoms with Crippen LogP contribution < -0.4 is 10.5 Å². The molecule has 2 N–H and O–H groups in total. The van der Waals surface area contributed by atoms with E-state index in [4.69, 9.17) is 10.5 Å². The van der Waals surface area contributed by atoms with Gasteiger partial charge in [0, 0.05) is 44.1 Å². The van der Waals surface area contributed by atoms with Gasteiger partial charge >= 0.3 is 0 Å². The van der Waals surface area contributed by atoms with Crippen LogP contribution in [-0.4, -0.2) is 65.5 Å². The number of carbonyl (C=O) groups excluding carboxylic acids is 2. The van der Waals surface area contributed by atoms with E-state index in [1.807, 2.05) is 39.9 Å². The Balaban J connectivity index is 1.37. The van der Waals surface area contributed by atoms with Crippen molar-refractivity contribution in [2.75, 3.05) is 33.2 Å². The predicted molar refractivity (Wildman–Crippen MR) is 112 cm³/mol. The second kappa shape index (κ2) is 8.45. The minimum atomic E-state index is -0.366. The number of benzene rings is 1. The number of nitrogens with zero attached hydrogens (tertiary/aromatic N) is 3. The van der Waals surface area contributed by atoms with E-state index < -0.39 is 0 Å². The van der Waals surface area contributed by atoms with Gasteiger partial charge in [-0.25, -0.2) is 0 Å². The SMILES string of the molecule is CN1CCCC(C(=O)N2CCC(Oc3cccc4c3ccn4CC(N)=O)CC2)C1. The van der Waals surface area contributed by atoms with E-state index in [0.29, 0.717) is 5.91 Å². The quantitative estimate of drug-likeness (QED) is 0.833. The van der Waals surface area contributed by atoms with Crippen LogP contribution in [0.15, 0.2) is 30.5 Å². The third-order valence-electron chi connectivity index (χ3n) is 6.12. The van der Waals surface area contributed by atoms with Gasteiger partial charge in [0.1, 0.15) is 18.4 Å². The zero-order valence-corrected chi connectivity index (χ0v) is 17.0. The van der Waals surface area contributed by atoms with Gasteiger partial charge in [-0.1, -0.05) is 6.07 Å². The Morgan fingerprint density at radius 2 is 1.93 bits per heavy atom. The first-order valence-corrected chi connectivity index (χ1v) is 10.5. The summed E-state index contributed by atoms with van der Waals surface area (Å²) in [6, 6.07) is 7.83.